The van der Waals surface area contributed by atoms with Gasteiger partial charge in [0.05, 0.1) is 0 Å². The summed E-state index contributed by atoms with van der Waals surface area (Å²) in [6.45, 7) is 0.294. The molecule has 0 fully saturated rings. The van der Waals surface area contributed by atoms with Gasteiger partial charge in [-0.1, -0.05) is 34.0 Å². The molecule has 1 nitrogen and oxygen atoms in total. The van der Waals surface area contributed by atoms with Gasteiger partial charge in [0.15, 0.2) is 0 Å². The maximum atomic E-state index is 5.19. The van der Waals surface area contributed by atoms with Crippen LogP contribution in [-0.4, -0.2) is 6.61 Å². The van der Waals surface area contributed by atoms with Crippen molar-refractivity contribution in [1.82, 2.24) is 0 Å². The Morgan fingerprint density at radius 2 is 2.50 bits per heavy atom. The maximum absolute atomic E-state index is 5.19. The van der Waals surface area contributed by atoms with E-state index in [2.05, 4.69) is 27.9 Å². The van der Waals surface area contributed by atoms with Gasteiger partial charge in [-0.3, -0.25) is 0 Å². The first kappa shape index (κ1) is 9.15. The lowest BCUT2D eigenvalue weighted by molar-refractivity contribution is 0.369. The zero-order valence-corrected chi connectivity index (χ0v) is 8.10. The normalized spacial score (nSPS) is 9.00. The van der Waals surface area contributed by atoms with E-state index in [0.29, 0.717) is 12.4 Å². The zero-order valence-electron chi connectivity index (χ0n) is 6.51. The summed E-state index contributed by atoms with van der Waals surface area (Å²) in [6.07, 6.45) is 5.05. The lowest BCUT2D eigenvalue weighted by Gasteiger charge is -2.02. The molecular weight excluding hydrogens is 216 g/mol. The predicted octanol–water partition coefficient (Wildman–Crippen LogP) is 2.39. The summed E-state index contributed by atoms with van der Waals surface area (Å²) in [5.74, 6) is 3.10. The second-order valence-electron chi connectivity index (χ2n) is 2.19. The molecule has 0 amide bonds. The molecule has 0 heterocycles. The Morgan fingerprint density at radius 1 is 1.67 bits per heavy atom. The van der Waals surface area contributed by atoms with E-state index in [4.69, 9.17) is 11.2 Å². The van der Waals surface area contributed by atoms with Crippen molar-refractivity contribution in [3.05, 3.63) is 29.8 Å². The Labute approximate surface area is 80.9 Å². The van der Waals surface area contributed by atoms with Crippen LogP contribution in [0.2, 0.25) is 0 Å². The van der Waals surface area contributed by atoms with Crippen molar-refractivity contribution in [2.24, 2.45) is 0 Å². The molecule has 2 heteroatoms. The first-order chi connectivity index (χ1) is 5.86. The van der Waals surface area contributed by atoms with Gasteiger partial charge in [-0.2, -0.15) is 0 Å². The van der Waals surface area contributed by atoms with Crippen molar-refractivity contribution in [2.45, 2.75) is 5.33 Å². The van der Waals surface area contributed by atoms with E-state index in [1.165, 1.54) is 0 Å². The number of hydrogen-bond donors (Lipinski definition) is 0. The molecular formula is C10H8BrO. The van der Waals surface area contributed by atoms with Gasteiger partial charge in [-0.25, -0.2) is 0 Å². The fourth-order valence-corrected chi connectivity index (χ4v) is 1.12. The molecule has 0 aliphatic carbocycles. The first-order valence-corrected chi connectivity index (χ1v) is 4.62. The smallest absolute Gasteiger partial charge is 0.148 e. The number of ether oxygens (including phenoxy) is 1. The minimum atomic E-state index is 0.294. The quantitative estimate of drug-likeness (QED) is 0.565. The van der Waals surface area contributed by atoms with Gasteiger partial charge in [0.1, 0.15) is 12.4 Å². The highest BCUT2D eigenvalue weighted by molar-refractivity contribution is 9.08. The third-order valence-corrected chi connectivity index (χ3v) is 1.95. The molecule has 0 aliphatic rings. The van der Waals surface area contributed by atoms with E-state index in [1.54, 1.807) is 0 Å². The summed E-state index contributed by atoms with van der Waals surface area (Å²) in [7, 11) is 0. The number of terminal acetylenes is 1. The molecule has 1 aromatic carbocycles. The van der Waals surface area contributed by atoms with Crippen LogP contribution in [0.5, 0.6) is 5.75 Å². The highest BCUT2D eigenvalue weighted by atomic mass is 79.9. The molecule has 0 aromatic heterocycles. The number of benzene rings is 1. The molecule has 1 radical (unpaired) electrons. The van der Waals surface area contributed by atoms with Crippen molar-refractivity contribution >= 4 is 15.9 Å². The van der Waals surface area contributed by atoms with E-state index in [9.17, 15) is 0 Å². The Bertz CT molecular complexity index is 288. The van der Waals surface area contributed by atoms with Gasteiger partial charge in [0.25, 0.3) is 0 Å². The second kappa shape index (κ2) is 4.84. The standard InChI is InChI=1S/C10H8BrO/c1-2-6-12-10-5-3-4-9(7-10)8-11/h1,3-4,7H,6,8H2. The summed E-state index contributed by atoms with van der Waals surface area (Å²) in [6, 6.07) is 8.64. The fraction of sp³-hybridized carbons (Fsp3) is 0.200. The molecule has 0 N–H and O–H groups in total. The van der Waals surface area contributed by atoms with Crippen LogP contribution in [0.15, 0.2) is 18.2 Å². The predicted molar refractivity (Wildman–Crippen MR) is 52.2 cm³/mol. The molecule has 61 valence electrons. The van der Waals surface area contributed by atoms with Crippen molar-refractivity contribution in [3.8, 4) is 18.1 Å². The molecule has 0 spiro atoms. The summed E-state index contributed by atoms with van der Waals surface area (Å²) >= 11 is 3.35. The molecule has 0 saturated carbocycles. The summed E-state index contributed by atoms with van der Waals surface area (Å²) < 4.78 is 5.19. The average Bonchev–Trinajstić information content (AvgIpc) is 2.15. The van der Waals surface area contributed by atoms with Gasteiger partial charge in [0, 0.05) is 11.4 Å². The van der Waals surface area contributed by atoms with Crippen LogP contribution in [-0.2, 0) is 5.33 Å². The van der Waals surface area contributed by atoms with Crippen molar-refractivity contribution in [2.75, 3.05) is 6.61 Å². The molecule has 0 bridgehead atoms. The maximum Gasteiger partial charge on any atom is 0.148 e. The van der Waals surface area contributed by atoms with E-state index in [0.717, 1.165) is 10.9 Å². The van der Waals surface area contributed by atoms with Crippen LogP contribution in [0.1, 0.15) is 5.56 Å². The van der Waals surface area contributed by atoms with Gasteiger partial charge in [-0.15, -0.1) is 6.42 Å². The molecule has 0 unspecified atom stereocenters. The molecule has 1 rings (SSSR count). The summed E-state index contributed by atoms with van der Waals surface area (Å²) in [5, 5.41) is 0.814. The number of halogens is 1. The van der Waals surface area contributed by atoms with E-state index >= 15 is 0 Å². The fourth-order valence-electron chi connectivity index (χ4n) is 0.775. The second-order valence-corrected chi connectivity index (χ2v) is 2.75. The number of rotatable bonds is 3. The summed E-state index contributed by atoms with van der Waals surface area (Å²) in [4.78, 5) is 0. The Morgan fingerprint density at radius 3 is 3.17 bits per heavy atom. The van der Waals surface area contributed by atoms with Gasteiger partial charge < -0.3 is 4.74 Å². The largest absolute Gasteiger partial charge is 0.480 e. The average molecular weight is 224 g/mol. The van der Waals surface area contributed by atoms with Crippen molar-refractivity contribution in [1.29, 1.82) is 0 Å². The number of hydrogen-bond acceptors (Lipinski definition) is 1. The minimum absolute atomic E-state index is 0.294. The van der Waals surface area contributed by atoms with Crippen molar-refractivity contribution < 1.29 is 4.74 Å². The van der Waals surface area contributed by atoms with Crippen LogP contribution < -0.4 is 4.74 Å². The SMILES string of the molecule is C#CCOc1[c]ccc(CBr)c1. The van der Waals surface area contributed by atoms with Crippen LogP contribution in [0.4, 0.5) is 0 Å². The Hall–Kier alpha value is -0.940. The zero-order chi connectivity index (χ0) is 8.81. The Kier molecular flexibility index (Phi) is 3.69. The van der Waals surface area contributed by atoms with E-state index in [-0.39, 0.29) is 0 Å². The number of alkyl halides is 1. The van der Waals surface area contributed by atoms with Crippen LogP contribution in [0.25, 0.3) is 0 Å². The van der Waals surface area contributed by atoms with Gasteiger partial charge in [-0.05, 0) is 11.6 Å². The minimum Gasteiger partial charge on any atom is -0.480 e. The highest BCUT2D eigenvalue weighted by Gasteiger charge is 1.94. The Balaban J connectivity index is 2.67. The van der Waals surface area contributed by atoms with Crippen LogP contribution in [0.3, 0.4) is 0 Å². The highest BCUT2D eigenvalue weighted by Crippen LogP contribution is 2.14. The third kappa shape index (κ3) is 2.60. The van der Waals surface area contributed by atoms with Crippen LogP contribution in [0, 0.1) is 18.4 Å². The summed E-state index contributed by atoms with van der Waals surface area (Å²) in [5.41, 5.74) is 1.15. The van der Waals surface area contributed by atoms with Crippen molar-refractivity contribution in [3.63, 3.8) is 0 Å². The molecule has 0 atom stereocenters. The lowest BCUT2D eigenvalue weighted by atomic mass is 10.2. The lowest BCUT2D eigenvalue weighted by Crippen LogP contribution is -1.93. The topological polar surface area (TPSA) is 9.23 Å². The van der Waals surface area contributed by atoms with E-state index < -0.39 is 0 Å². The monoisotopic (exact) mass is 223 g/mol. The van der Waals surface area contributed by atoms with E-state index in [1.807, 2.05) is 18.2 Å². The molecule has 0 saturated heterocycles. The molecule has 0 aliphatic heterocycles. The van der Waals surface area contributed by atoms with Crippen LogP contribution >= 0.6 is 15.9 Å². The molecule has 1 aromatic rings. The van der Waals surface area contributed by atoms with Gasteiger partial charge >= 0.3 is 0 Å². The first-order valence-electron chi connectivity index (χ1n) is 3.49. The third-order valence-electron chi connectivity index (χ3n) is 1.30. The molecule has 12 heavy (non-hydrogen) atoms. The van der Waals surface area contributed by atoms with Gasteiger partial charge in [0.2, 0.25) is 0 Å².